The largest absolute Gasteiger partial charge is 0.366 e. The van der Waals surface area contributed by atoms with Gasteiger partial charge in [0.25, 0.3) is 5.91 Å². The minimum absolute atomic E-state index is 0.0153. The number of aryl methyl sites for hydroxylation is 1. The summed E-state index contributed by atoms with van der Waals surface area (Å²) in [5.74, 6) is -2.74. The number of benzene rings is 1. The van der Waals surface area contributed by atoms with Crippen molar-refractivity contribution >= 4 is 39.4 Å². The molecular weight excluding hydrogens is 470 g/mol. The predicted molar refractivity (Wildman–Crippen MR) is 111 cm³/mol. The maximum absolute atomic E-state index is 13.3. The summed E-state index contributed by atoms with van der Waals surface area (Å²) < 4.78 is 57.9. The molecule has 0 radical (unpaired) electrons. The molecule has 0 saturated carbocycles. The van der Waals surface area contributed by atoms with Gasteiger partial charge in [-0.25, -0.2) is 17.2 Å². The number of amides is 1. The molecular formula is C18H19ClF2N6O4S. The van der Waals surface area contributed by atoms with E-state index in [-0.39, 0.29) is 48.5 Å². The molecule has 32 heavy (non-hydrogen) atoms. The highest BCUT2D eigenvalue weighted by Crippen LogP contribution is 2.21. The summed E-state index contributed by atoms with van der Waals surface area (Å²) in [7, 11) is -3.71. The van der Waals surface area contributed by atoms with Gasteiger partial charge in [0.2, 0.25) is 15.9 Å². The van der Waals surface area contributed by atoms with E-state index in [9.17, 15) is 22.0 Å². The van der Waals surface area contributed by atoms with E-state index >= 15 is 0 Å². The molecule has 2 aromatic rings. The molecule has 0 spiro atoms. The maximum Gasteiger partial charge on any atom is 0.269 e. The van der Waals surface area contributed by atoms with Crippen molar-refractivity contribution in [1.82, 2.24) is 19.3 Å². The van der Waals surface area contributed by atoms with Crippen LogP contribution in [0.3, 0.4) is 0 Å². The smallest absolute Gasteiger partial charge is 0.269 e. The fourth-order valence-corrected chi connectivity index (χ4v) is 4.63. The molecule has 1 aliphatic heterocycles. The zero-order chi connectivity index (χ0) is 23.5. The number of halogens is 3. The molecule has 0 atom stereocenters. The Kier molecular flexibility index (Phi) is 7.21. The number of aromatic nitrogens is 2. The zero-order valence-electron chi connectivity index (χ0n) is 16.8. The van der Waals surface area contributed by atoms with Crippen LogP contribution in [0.15, 0.2) is 33.5 Å². The number of carbonyl (C=O) groups excluding carboxylic acids is 1. The van der Waals surface area contributed by atoms with Crippen molar-refractivity contribution in [2.75, 3.05) is 31.5 Å². The van der Waals surface area contributed by atoms with Gasteiger partial charge in [-0.15, -0.1) is 0 Å². The monoisotopic (exact) mass is 488 g/mol. The summed E-state index contributed by atoms with van der Waals surface area (Å²) in [4.78, 5) is 17.9. The maximum atomic E-state index is 13.3. The number of anilines is 1. The van der Waals surface area contributed by atoms with E-state index in [1.54, 1.807) is 11.8 Å². The van der Waals surface area contributed by atoms with Crippen LogP contribution in [0.2, 0.25) is 0 Å². The number of piperazine rings is 1. The Balaban J connectivity index is 1.67. The quantitative estimate of drug-likeness (QED) is 0.449. The third-order valence-corrected chi connectivity index (χ3v) is 6.66. The van der Waals surface area contributed by atoms with Crippen LogP contribution >= 0.6 is 11.6 Å². The molecule has 2 heterocycles. The van der Waals surface area contributed by atoms with E-state index in [4.69, 9.17) is 21.5 Å². The summed E-state index contributed by atoms with van der Waals surface area (Å²) in [6.07, 6.45) is 0.861. The lowest BCUT2D eigenvalue weighted by Crippen LogP contribution is -2.49. The van der Waals surface area contributed by atoms with Crippen LogP contribution in [0, 0.1) is 24.0 Å². The van der Waals surface area contributed by atoms with E-state index < -0.39 is 33.3 Å². The van der Waals surface area contributed by atoms with Crippen LogP contribution in [-0.4, -0.2) is 66.1 Å². The number of sulfonamides is 1. The van der Waals surface area contributed by atoms with Gasteiger partial charge in [-0.3, -0.25) is 4.79 Å². The first-order valence-corrected chi connectivity index (χ1v) is 11.3. The Hall–Kier alpha value is -2.90. The van der Waals surface area contributed by atoms with Crippen molar-refractivity contribution in [3.8, 4) is 0 Å². The van der Waals surface area contributed by atoms with Gasteiger partial charge < -0.3 is 20.1 Å². The molecule has 1 amide bonds. The number of hydrogen-bond donors (Lipinski definition) is 2. The molecule has 0 aliphatic carbocycles. The van der Waals surface area contributed by atoms with Gasteiger partial charge in [-0.05, 0) is 19.1 Å². The molecule has 1 aliphatic rings. The van der Waals surface area contributed by atoms with Gasteiger partial charge in [-0.2, -0.15) is 9.29 Å². The van der Waals surface area contributed by atoms with E-state index in [0.717, 1.165) is 18.3 Å². The third-order valence-electron chi connectivity index (χ3n) is 4.53. The normalized spacial score (nSPS) is 15.9. The van der Waals surface area contributed by atoms with E-state index in [0.29, 0.717) is 11.9 Å². The Morgan fingerprint density at radius 2 is 1.88 bits per heavy atom. The van der Waals surface area contributed by atoms with Gasteiger partial charge in [0, 0.05) is 44.1 Å². The molecule has 172 valence electrons. The van der Waals surface area contributed by atoms with Crippen LogP contribution in [0.4, 0.5) is 14.5 Å². The van der Waals surface area contributed by atoms with Gasteiger partial charge in [0.15, 0.2) is 5.82 Å². The molecule has 0 unspecified atom stereocenters. The van der Waals surface area contributed by atoms with Crippen molar-refractivity contribution in [2.24, 2.45) is 0 Å². The summed E-state index contributed by atoms with van der Waals surface area (Å²) in [5.41, 5.74) is -0.0900. The van der Waals surface area contributed by atoms with Gasteiger partial charge in [-0.1, -0.05) is 16.8 Å². The minimum atomic E-state index is -3.71. The lowest BCUT2D eigenvalue weighted by molar-refractivity contribution is -0.112. The first-order chi connectivity index (χ1) is 15.1. The number of rotatable bonds is 7. The van der Waals surface area contributed by atoms with Crippen LogP contribution < -0.4 is 5.32 Å². The Morgan fingerprint density at radius 1 is 1.25 bits per heavy atom. The molecule has 1 saturated heterocycles. The minimum Gasteiger partial charge on any atom is -0.366 e. The molecule has 3 rings (SSSR count). The van der Waals surface area contributed by atoms with Crippen molar-refractivity contribution in [2.45, 2.75) is 12.7 Å². The van der Waals surface area contributed by atoms with E-state index in [2.05, 4.69) is 15.5 Å². The first kappa shape index (κ1) is 23.8. The average Bonchev–Trinajstić information content (AvgIpc) is 3.12. The van der Waals surface area contributed by atoms with Crippen molar-refractivity contribution in [3.63, 3.8) is 0 Å². The topological polar surface area (TPSA) is 132 Å². The van der Waals surface area contributed by atoms with E-state index in [1.807, 2.05) is 0 Å². The summed E-state index contributed by atoms with van der Waals surface area (Å²) in [5, 5.41) is 13.1. The fraction of sp³-hybridized carbons (Fsp3) is 0.333. The highest BCUT2D eigenvalue weighted by molar-refractivity contribution is 7.88. The van der Waals surface area contributed by atoms with Crippen molar-refractivity contribution < 1.29 is 26.5 Å². The molecule has 0 bridgehead atoms. The molecule has 2 N–H and O–H groups in total. The predicted octanol–water partition coefficient (Wildman–Crippen LogP) is 1.84. The van der Waals surface area contributed by atoms with Crippen LogP contribution in [0.25, 0.3) is 0 Å². The second-order valence-electron chi connectivity index (χ2n) is 6.83. The van der Waals surface area contributed by atoms with Crippen LogP contribution in [0.5, 0.6) is 0 Å². The highest BCUT2D eigenvalue weighted by atomic mass is 35.5. The number of nitrogens with one attached hydrogen (secondary N) is 2. The summed E-state index contributed by atoms with van der Waals surface area (Å²) in [6, 6.07) is 2.50. The number of carbonyl (C=O) groups is 1. The molecule has 1 aromatic heterocycles. The van der Waals surface area contributed by atoms with Gasteiger partial charge in [0.1, 0.15) is 22.4 Å². The summed E-state index contributed by atoms with van der Waals surface area (Å²) in [6.45, 7) is 2.05. The SMILES string of the molecule is Cc1noc(CS(=O)(=O)N2CCN(C(C=N)=C(Cl)C(=O)Nc3cc(F)cc(F)c3)CC2)n1. The second-order valence-corrected chi connectivity index (χ2v) is 9.18. The highest BCUT2D eigenvalue weighted by Gasteiger charge is 2.30. The zero-order valence-corrected chi connectivity index (χ0v) is 18.4. The molecule has 14 heteroatoms. The molecule has 1 fully saturated rings. The van der Waals surface area contributed by atoms with E-state index in [1.165, 1.54) is 4.31 Å². The second kappa shape index (κ2) is 9.71. The Labute approximate surface area is 187 Å². The lowest BCUT2D eigenvalue weighted by Gasteiger charge is -2.35. The Morgan fingerprint density at radius 3 is 2.41 bits per heavy atom. The summed E-state index contributed by atoms with van der Waals surface area (Å²) >= 11 is 6.12. The third kappa shape index (κ3) is 5.66. The average molecular weight is 489 g/mol. The number of hydrogen-bond acceptors (Lipinski definition) is 8. The fourth-order valence-electron chi connectivity index (χ4n) is 3.07. The van der Waals surface area contributed by atoms with Crippen LogP contribution in [-0.2, 0) is 20.6 Å². The standard InChI is InChI=1S/C18H19ClF2N6O4S/c1-11-23-16(31-25-11)10-32(29,30)27-4-2-26(3-5-27)15(9-22)17(19)18(28)24-14-7-12(20)6-13(21)8-14/h6-9,22H,2-5,10H2,1H3,(H,24,28). The van der Waals surface area contributed by atoms with Crippen molar-refractivity contribution in [1.29, 1.82) is 5.41 Å². The molecule has 1 aromatic carbocycles. The van der Waals surface area contributed by atoms with Crippen LogP contribution in [0.1, 0.15) is 11.7 Å². The van der Waals surface area contributed by atoms with Gasteiger partial charge >= 0.3 is 0 Å². The number of nitrogens with zero attached hydrogens (tertiary/aromatic N) is 4. The van der Waals surface area contributed by atoms with Gasteiger partial charge in [0.05, 0.1) is 5.70 Å². The number of allylic oxidation sites excluding steroid dienone is 1. The lowest BCUT2D eigenvalue weighted by atomic mass is 10.2. The first-order valence-electron chi connectivity index (χ1n) is 9.28. The molecule has 10 nitrogen and oxygen atoms in total. The Bertz CT molecular complexity index is 1140. The van der Waals surface area contributed by atoms with Crippen molar-refractivity contribution in [3.05, 3.63) is 52.3 Å².